The van der Waals surface area contributed by atoms with Crippen LogP contribution in [-0.4, -0.2) is 48.7 Å². The van der Waals surface area contributed by atoms with Crippen molar-refractivity contribution in [1.82, 2.24) is 14.8 Å². The molecule has 1 aromatic carbocycles. The lowest BCUT2D eigenvalue weighted by molar-refractivity contribution is 0.458. The number of hydrogen-bond donors (Lipinski definition) is 1. The van der Waals surface area contributed by atoms with Gasteiger partial charge in [0.05, 0.1) is 11.6 Å². The molecule has 1 aliphatic rings. The number of anilines is 1. The normalized spacial score (nSPS) is 17.4. The van der Waals surface area contributed by atoms with Crippen molar-refractivity contribution in [2.45, 2.75) is 19.9 Å². The zero-order chi connectivity index (χ0) is 19.2. The van der Waals surface area contributed by atoms with E-state index in [0.29, 0.717) is 5.92 Å². The number of halogens is 1. The van der Waals surface area contributed by atoms with E-state index in [2.05, 4.69) is 64.0 Å². The van der Waals surface area contributed by atoms with Crippen LogP contribution in [0, 0.1) is 5.92 Å². The molecule has 0 saturated carbocycles. The van der Waals surface area contributed by atoms with Gasteiger partial charge in [-0.3, -0.25) is 4.99 Å². The zero-order valence-corrected chi connectivity index (χ0v) is 17.3. The van der Waals surface area contributed by atoms with E-state index in [1.807, 2.05) is 19.3 Å². The number of nitrogens with one attached hydrogen (secondary N) is 1. The second-order valence-electron chi connectivity index (χ2n) is 7.25. The Morgan fingerprint density at radius 3 is 2.78 bits per heavy atom. The summed E-state index contributed by atoms with van der Waals surface area (Å²) in [6.07, 6.45) is 3.13. The van der Waals surface area contributed by atoms with Crippen LogP contribution >= 0.6 is 11.6 Å². The minimum atomic E-state index is 0.594. The topological polar surface area (TPSA) is 35.8 Å². The third-order valence-corrected chi connectivity index (χ3v) is 5.28. The van der Waals surface area contributed by atoms with E-state index in [4.69, 9.17) is 16.6 Å². The van der Waals surface area contributed by atoms with Crippen LogP contribution in [0.15, 0.2) is 47.6 Å². The number of rotatable bonds is 6. The number of nitrogens with zero attached hydrogens (tertiary/aromatic N) is 4. The summed E-state index contributed by atoms with van der Waals surface area (Å²) < 4.78 is 2.07. The van der Waals surface area contributed by atoms with E-state index in [1.54, 1.807) is 0 Å². The van der Waals surface area contributed by atoms with Gasteiger partial charge in [-0.05, 0) is 37.5 Å². The Balaban J connectivity index is 1.59. The van der Waals surface area contributed by atoms with Crippen LogP contribution in [0.4, 0.5) is 5.69 Å². The molecule has 2 aromatic rings. The lowest BCUT2D eigenvalue weighted by atomic mass is 10.1. The third-order valence-electron chi connectivity index (χ3n) is 5.08. The standard InChI is InChI=1S/C21H30ClN5/c1-4-23-21(26(3)16-20-12-18(22)15-25(20)2)24-13-17-10-11-27(14-17)19-8-6-5-7-9-19/h5-9,12,15,17H,4,10-11,13-14,16H2,1-3H3,(H,23,24). The molecule has 5 nitrogen and oxygen atoms in total. The average Bonchev–Trinajstić information content (AvgIpc) is 3.25. The van der Waals surface area contributed by atoms with Crippen molar-refractivity contribution < 1.29 is 0 Å². The lowest BCUT2D eigenvalue weighted by Crippen LogP contribution is -2.39. The van der Waals surface area contributed by atoms with E-state index in [1.165, 1.54) is 17.8 Å². The monoisotopic (exact) mass is 387 g/mol. The van der Waals surface area contributed by atoms with E-state index < -0.39 is 0 Å². The summed E-state index contributed by atoms with van der Waals surface area (Å²) >= 11 is 6.11. The highest BCUT2D eigenvalue weighted by molar-refractivity contribution is 6.30. The van der Waals surface area contributed by atoms with Gasteiger partial charge in [0.15, 0.2) is 5.96 Å². The van der Waals surface area contributed by atoms with Crippen LogP contribution in [0.3, 0.4) is 0 Å². The lowest BCUT2D eigenvalue weighted by Gasteiger charge is -2.23. The predicted molar refractivity (Wildman–Crippen MR) is 115 cm³/mol. The van der Waals surface area contributed by atoms with Crippen LogP contribution in [0.5, 0.6) is 0 Å². The van der Waals surface area contributed by atoms with Crippen LogP contribution in [0.25, 0.3) is 0 Å². The van der Waals surface area contributed by atoms with Gasteiger partial charge in [0.2, 0.25) is 0 Å². The molecule has 1 aliphatic heterocycles. The first kappa shape index (κ1) is 19.6. The number of aromatic nitrogens is 1. The second kappa shape index (κ2) is 9.18. The maximum absolute atomic E-state index is 6.11. The Morgan fingerprint density at radius 1 is 1.33 bits per heavy atom. The van der Waals surface area contributed by atoms with Gasteiger partial charge in [-0.1, -0.05) is 29.8 Å². The van der Waals surface area contributed by atoms with Crippen molar-refractivity contribution in [3.05, 3.63) is 53.3 Å². The fourth-order valence-electron chi connectivity index (χ4n) is 3.58. The molecule has 1 N–H and O–H groups in total. The van der Waals surface area contributed by atoms with Crippen molar-refractivity contribution in [1.29, 1.82) is 0 Å². The fourth-order valence-corrected chi connectivity index (χ4v) is 3.85. The van der Waals surface area contributed by atoms with Gasteiger partial charge in [-0.15, -0.1) is 0 Å². The van der Waals surface area contributed by atoms with Crippen molar-refractivity contribution in [2.75, 3.05) is 38.1 Å². The molecule has 2 heterocycles. The SMILES string of the molecule is CCNC(=NCC1CCN(c2ccccc2)C1)N(C)Cc1cc(Cl)cn1C. The van der Waals surface area contributed by atoms with Crippen LogP contribution in [0.1, 0.15) is 19.0 Å². The molecular weight excluding hydrogens is 358 g/mol. The molecule has 1 unspecified atom stereocenters. The van der Waals surface area contributed by atoms with Gasteiger partial charge < -0.3 is 19.7 Å². The van der Waals surface area contributed by atoms with Crippen molar-refractivity contribution in [2.24, 2.45) is 18.0 Å². The highest BCUT2D eigenvalue weighted by Crippen LogP contribution is 2.23. The molecule has 0 bridgehead atoms. The summed E-state index contributed by atoms with van der Waals surface area (Å²) in [5, 5.41) is 4.19. The Hall–Kier alpha value is -2.14. The van der Waals surface area contributed by atoms with Crippen molar-refractivity contribution in [3.8, 4) is 0 Å². The molecule has 6 heteroatoms. The summed E-state index contributed by atoms with van der Waals surface area (Å²) in [6, 6.07) is 12.7. The first-order valence-electron chi connectivity index (χ1n) is 9.67. The first-order valence-corrected chi connectivity index (χ1v) is 10.0. The number of hydrogen-bond acceptors (Lipinski definition) is 2. The van der Waals surface area contributed by atoms with Gasteiger partial charge in [-0.2, -0.15) is 0 Å². The van der Waals surface area contributed by atoms with Crippen LogP contribution < -0.4 is 10.2 Å². The van der Waals surface area contributed by atoms with Gasteiger partial charge in [0, 0.05) is 57.9 Å². The summed E-state index contributed by atoms with van der Waals surface area (Å²) in [4.78, 5) is 9.55. The number of para-hydroxylation sites is 1. The smallest absolute Gasteiger partial charge is 0.194 e. The van der Waals surface area contributed by atoms with Gasteiger partial charge in [0.1, 0.15) is 0 Å². The number of aryl methyl sites for hydroxylation is 1. The van der Waals surface area contributed by atoms with Crippen LogP contribution in [-0.2, 0) is 13.6 Å². The number of benzene rings is 1. The molecule has 0 aliphatic carbocycles. The maximum Gasteiger partial charge on any atom is 0.194 e. The molecule has 1 saturated heterocycles. The molecular formula is C21H30ClN5. The molecule has 146 valence electrons. The third kappa shape index (κ3) is 5.19. The van der Waals surface area contributed by atoms with Gasteiger partial charge in [0.25, 0.3) is 0 Å². The minimum Gasteiger partial charge on any atom is -0.371 e. The van der Waals surface area contributed by atoms with E-state index in [9.17, 15) is 0 Å². The van der Waals surface area contributed by atoms with Gasteiger partial charge in [-0.25, -0.2) is 0 Å². The first-order chi connectivity index (χ1) is 13.1. The molecule has 3 rings (SSSR count). The van der Waals surface area contributed by atoms with E-state index in [-0.39, 0.29) is 0 Å². The van der Waals surface area contributed by atoms with Crippen molar-refractivity contribution >= 4 is 23.2 Å². The molecule has 1 atom stereocenters. The predicted octanol–water partition coefficient (Wildman–Crippen LogP) is 3.60. The molecule has 0 spiro atoms. The summed E-state index contributed by atoms with van der Waals surface area (Å²) in [6.45, 7) is 6.77. The zero-order valence-electron chi connectivity index (χ0n) is 16.5. The minimum absolute atomic E-state index is 0.594. The average molecular weight is 388 g/mol. The Morgan fingerprint density at radius 2 is 2.11 bits per heavy atom. The summed E-state index contributed by atoms with van der Waals surface area (Å²) in [5.74, 6) is 1.55. The fraction of sp³-hybridized carbons (Fsp3) is 0.476. The molecule has 0 amide bonds. The Bertz CT molecular complexity index is 755. The summed E-state index contributed by atoms with van der Waals surface area (Å²) in [5.41, 5.74) is 2.48. The second-order valence-corrected chi connectivity index (χ2v) is 7.68. The summed E-state index contributed by atoms with van der Waals surface area (Å²) in [7, 11) is 4.10. The highest BCUT2D eigenvalue weighted by atomic mass is 35.5. The largest absolute Gasteiger partial charge is 0.371 e. The molecule has 1 aromatic heterocycles. The molecule has 1 fully saturated rings. The molecule has 27 heavy (non-hydrogen) atoms. The van der Waals surface area contributed by atoms with E-state index >= 15 is 0 Å². The maximum atomic E-state index is 6.11. The number of guanidine groups is 1. The van der Waals surface area contributed by atoms with Gasteiger partial charge >= 0.3 is 0 Å². The Labute approximate surface area is 167 Å². The number of aliphatic imine (C=N–C) groups is 1. The molecule has 0 radical (unpaired) electrons. The Kier molecular flexibility index (Phi) is 6.67. The highest BCUT2D eigenvalue weighted by Gasteiger charge is 2.22. The quantitative estimate of drug-likeness (QED) is 0.607. The van der Waals surface area contributed by atoms with E-state index in [0.717, 1.165) is 43.7 Å². The van der Waals surface area contributed by atoms with Crippen molar-refractivity contribution in [3.63, 3.8) is 0 Å². The van der Waals surface area contributed by atoms with Crippen LogP contribution in [0.2, 0.25) is 5.02 Å².